The summed E-state index contributed by atoms with van der Waals surface area (Å²) in [6.07, 6.45) is -0.757. The van der Waals surface area contributed by atoms with E-state index in [2.05, 4.69) is 20.8 Å². The largest absolute Gasteiger partial charge is 0.389 e. The third-order valence-corrected chi connectivity index (χ3v) is 7.97. The lowest BCUT2D eigenvalue weighted by Crippen LogP contribution is -2.37. The third kappa shape index (κ3) is 3.17. The standard InChI is InChI=1S/C13H22O2Si/c1-4-16(5-2,6-3)15-13(14)12-10-8-7-9-11-12/h7-11,13-14H,4-6H2,1-3H3. The zero-order valence-corrected chi connectivity index (χ0v) is 11.4. The molecule has 0 aliphatic rings. The van der Waals surface area contributed by atoms with E-state index in [9.17, 15) is 5.11 Å². The molecule has 0 radical (unpaired) electrons. The van der Waals surface area contributed by atoms with Crippen LogP contribution in [-0.2, 0) is 4.43 Å². The molecule has 0 bridgehead atoms. The summed E-state index contributed by atoms with van der Waals surface area (Å²) >= 11 is 0. The van der Waals surface area contributed by atoms with Crippen LogP contribution >= 0.6 is 0 Å². The fourth-order valence-electron chi connectivity index (χ4n) is 1.92. The fraction of sp³-hybridized carbons (Fsp3) is 0.538. The summed E-state index contributed by atoms with van der Waals surface area (Å²) in [6, 6.07) is 12.8. The predicted octanol–water partition coefficient (Wildman–Crippen LogP) is 3.70. The van der Waals surface area contributed by atoms with Gasteiger partial charge in [-0.3, -0.25) is 0 Å². The summed E-state index contributed by atoms with van der Waals surface area (Å²) in [4.78, 5) is 0. The van der Waals surface area contributed by atoms with Crippen molar-refractivity contribution in [3.63, 3.8) is 0 Å². The lowest BCUT2D eigenvalue weighted by molar-refractivity contribution is -0.0290. The highest BCUT2D eigenvalue weighted by Crippen LogP contribution is 2.28. The molecule has 3 heteroatoms. The van der Waals surface area contributed by atoms with E-state index in [1.807, 2.05) is 30.3 Å². The Hall–Kier alpha value is -0.643. The monoisotopic (exact) mass is 238 g/mol. The first-order chi connectivity index (χ1) is 7.67. The summed E-state index contributed by atoms with van der Waals surface area (Å²) < 4.78 is 5.97. The van der Waals surface area contributed by atoms with Crippen molar-refractivity contribution in [2.24, 2.45) is 0 Å². The van der Waals surface area contributed by atoms with Crippen LogP contribution in [0.15, 0.2) is 30.3 Å². The van der Waals surface area contributed by atoms with Crippen LogP contribution < -0.4 is 0 Å². The summed E-state index contributed by atoms with van der Waals surface area (Å²) in [6.45, 7) is 6.49. The van der Waals surface area contributed by atoms with Gasteiger partial charge in [0.05, 0.1) is 0 Å². The number of aliphatic hydroxyl groups excluding tert-OH is 1. The van der Waals surface area contributed by atoms with E-state index in [4.69, 9.17) is 4.43 Å². The van der Waals surface area contributed by atoms with Gasteiger partial charge in [0.15, 0.2) is 14.6 Å². The highest BCUT2D eigenvalue weighted by molar-refractivity contribution is 6.73. The average Bonchev–Trinajstić information content (AvgIpc) is 2.37. The molecule has 0 fully saturated rings. The number of rotatable bonds is 6. The predicted molar refractivity (Wildman–Crippen MR) is 69.7 cm³/mol. The van der Waals surface area contributed by atoms with Gasteiger partial charge in [-0.15, -0.1) is 0 Å². The minimum Gasteiger partial charge on any atom is -0.389 e. The van der Waals surface area contributed by atoms with E-state index in [0.29, 0.717) is 0 Å². The molecule has 0 amide bonds. The Morgan fingerprint density at radius 2 is 1.56 bits per heavy atom. The SMILES string of the molecule is CC[Si](CC)(CC)OC(O)c1ccccc1. The second-order valence-corrected chi connectivity index (χ2v) is 8.85. The molecule has 0 saturated carbocycles. The van der Waals surface area contributed by atoms with E-state index >= 15 is 0 Å². The van der Waals surface area contributed by atoms with Gasteiger partial charge in [-0.1, -0.05) is 51.1 Å². The Morgan fingerprint density at radius 3 is 2.00 bits per heavy atom. The molecule has 0 saturated heterocycles. The second kappa shape index (κ2) is 6.18. The Balaban J connectivity index is 2.73. The van der Waals surface area contributed by atoms with Crippen molar-refractivity contribution in [1.29, 1.82) is 0 Å². The second-order valence-electron chi connectivity index (χ2n) is 4.12. The van der Waals surface area contributed by atoms with Gasteiger partial charge in [-0.2, -0.15) is 0 Å². The van der Waals surface area contributed by atoms with Gasteiger partial charge in [-0.05, 0) is 18.1 Å². The van der Waals surface area contributed by atoms with Crippen molar-refractivity contribution in [3.05, 3.63) is 35.9 Å². The first-order valence-electron chi connectivity index (χ1n) is 6.08. The van der Waals surface area contributed by atoms with Crippen LogP contribution in [0.2, 0.25) is 18.1 Å². The molecule has 1 rings (SSSR count). The van der Waals surface area contributed by atoms with Crippen molar-refractivity contribution >= 4 is 8.32 Å². The van der Waals surface area contributed by atoms with Crippen molar-refractivity contribution in [2.75, 3.05) is 0 Å². The molecule has 0 aliphatic carbocycles. The van der Waals surface area contributed by atoms with Crippen LogP contribution in [0.3, 0.4) is 0 Å². The van der Waals surface area contributed by atoms with Crippen LogP contribution in [0, 0.1) is 0 Å². The van der Waals surface area contributed by atoms with Gasteiger partial charge in [0.2, 0.25) is 0 Å². The first kappa shape index (κ1) is 13.4. The normalized spacial score (nSPS) is 13.8. The highest BCUT2D eigenvalue weighted by atomic mass is 28.4. The maximum atomic E-state index is 10.1. The van der Waals surface area contributed by atoms with E-state index in [-0.39, 0.29) is 0 Å². The molecule has 1 aromatic carbocycles. The molecule has 16 heavy (non-hydrogen) atoms. The van der Waals surface area contributed by atoms with E-state index < -0.39 is 14.6 Å². The van der Waals surface area contributed by atoms with E-state index in [1.54, 1.807) is 0 Å². The molecule has 90 valence electrons. The summed E-state index contributed by atoms with van der Waals surface area (Å²) in [5.74, 6) is 0. The molecular weight excluding hydrogens is 216 g/mol. The van der Waals surface area contributed by atoms with Gasteiger partial charge < -0.3 is 9.53 Å². The Bertz CT molecular complexity index is 288. The Morgan fingerprint density at radius 1 is 1.06 bits per heavy atom. The number of hydrogen-bond donors (Lipinski definition) is 1. The smallest absolute Gasteiger partial charge is 0.195 e. The van der Waals surface area contributed by atoms with E-state index in [0.717, 1.165) is 23.7 Å². The molecule has 0 heterocycles. The Kier molecular flexibility index (Phi) is 5.18. The molecule has 0 aliphatic heterocycles. The zero-order chi connectivity index (χ0) is 12.0. The molecule has 1 N–H and O–H groups in total. The highest BCUT2D eigenvalue weighted by Gasteiger charge is 2.31. The molecule has 0 aromatic heterocycles. The molecule has 0 spiro atoms. The average molecular weight is 238 g/mol. The lowest BCUT2D eigenvalue weighted by atomic mass is 10.2. The maximum absolute atomic E-state index is 10.1. The molecule has 1 atom stereocenters. The fourth-order valence-corrected chi connectivity index (χ4v) is 4.53. The maximum Gasteiger partial charge on any atom is 0.195 e. The summed E-state index contributed by atoms with van der Waals surface area (Å²) in [7, 11) is -1.71. The third-order valence-electron chi connectivity index (χ3n) is 3.38. The summed E-state index contributed by atoms with van der Waals surface area (Å²) in [5, 5.41) is 10.1. The van der Waals surface area contributed by atoms with Crippen molar-refractivity contribution in [3.8, 4) is 0 Å². The van der Waals surface area contributed by atoms with Gasteiger partial charge in [0.25, 0.3) is 0 Å². The number of benzene rings is 1. The van der Waals surface area contributed by atoms with E-state index in [1.165, 1.54) is 0 Å². The van der Waals surface area contributed by atoms with Gasteiger partial charge in [-0.25, -0.2) is 0 Å². The quantitative estimate of drug-likeness (QED) is 0.605. The van der Waals surface area contributed by atoms with Crippen molar-refractivity contribution < 1.29 is 9.53 Å². The number of hydrogen-bond acceptors (Lipinski definition) is 2. The topological polar surface area (TPSA) is 29.5 Å². The van der Waals surface area contributed by atoms with Gasteiger partial charge in [0.1, 0.15) is 0 Å². The minimum absolute atomic E-state index is 0.757. The lowest BCUT2D eigenvalue weighted by Gasteiger charge is -2.30. The van der Waals surface area contributed by atoms with Gasteiger partial charge in [0, 0.05) is 5.56 Å². The van der Waals surface area contributed by atoms with Crippen molar-refractivity contribution in [1.82, 2.24) is 0 Å². The molecular formula is C13H22O2Si. The van der Waals surface area contributed by atoms with Crippen LogP contribution in [0.5, 0.6) is 0 Å². The molecule has 1 aromatic rings. The van der Waals surface area contributed by atoms with Gasteiger partial charge >= 0.3 is 0 Å². The van der Waals surface area contributed by atoms with Crippen LogP contribution in [0.4, 0.5) is 0 Å². The minimum atomic E-state index is -1.71. The molecule has 2 nitrogen and oxygen atoms in total. The first-order valence-corrected chi connectivity index (χ1v) is 8.61. The zero-order valence-electron chi connectivity index (χ0n) is 10.4. The van der Waals surface area contributed by atoms with Crippen LogP contribution in [-0.4, -0.2) is 13.4 Å². The Labute approximate surface area is 99.4 Å². The van der Waals surface area contributed by atoms with Crippen molar-refractivity contribution in [2.45, 2.75) is 45.2 Å². The van der Waals surface area contributed by atoms with Crippen LogP contribution in [0.25, 0.3) is 0 Å². The van der Waals surface area contributed by atoms with Crippen LogP contribution in [0.1, 0.15) is 32.6 Å². The molecule has 1 unspecified atom stereocenters. The number of aliphatic hydroxyl groups is 1. The summed E-state index contributed by atoms with van der Waals surface area (Å²) in [5.41, 5.74) is 0.856.